The first-order valence-electron chi connectivity index (χ1n) is 7.70. The SMILES string of the molecule is O=C1OC(=O)N(C(=O)OCc2ccccc2)C1c1ccc(C(F)(F)F)cc1. The molecule has 0 spiro atoms. The average molecular weight is 379 g/mol. The number of alkyl halides is 3. The standard InChI is InChI=1S/C18H12F3NO5/c19-18(20,21)13-8-6-12(7-9-13)14-15(23)27-17(25)22(14)16(24)26-10-11-4-2-1-3-5-11/h1-9,14H,10H2. The smallest absolute Gasteiger partial charge is 0.428 e. The van der Waals surface area contributed by atoms with Crippen LogP contribution in [0.5, 0.6) is 0 Å². The van der Waals surface area contributed by atoms with Gasteiger partial charge < -0.3 is 9.47 Å². The maximum Gasteiger partial charge on any atom is 0.428 e. The minimum atomic E-state index is -4.56. The highest BCUT2D eigenvalue weighted by Gasteiger charge is 2.47. The lowest BCUT2D eigenvalue weighted by molar-refractivity contribution is -0.137. The molecule has 0 aromatic heterocycles. The Morgan fingerprint density at radius 2 is 1.67 bits per heavy atom. The summed E-state index contributed by atoms with van der Waals surface area (Å²) < 4.78 is 47.5. The summed E-state index contributed by atoms with van der Waals surface area (Å²) in [5, 5.41) is 0. The average Bonchev–Trinajstić information content (AvgIpc) is 2.94. The molecule has 1 saturated heterocycles. The van der Waals surface area contributed by atoms with Gasteiger partial charge in [-0.05, 0) is 23.3 Å². The van der Waals surface area contributed by atoms with Gasteiger partial charge in [0, 0.05) is 0 Å². The maximum absolute atomic E-state index is 12.7. The molecule has 0 saturated carbocycles. The number of carbonyl (C=O) groups is 3. The highest BCUT2D eigenvalue weighted by molar-refractivity contribution is 6.04. The molecule has 140 valence electrons. The van der Waals surface area contributed by atoms with Crippen molar-refractivity contribution in [1.29, 1.82) is 0 Å². The Morgan fingerprint density at radius 3 is 2.26 bits per heavy atom. The molecule has 2 aromatic carbocycles. The van der Waals surface area contributed by atoms with E-state index in [2.05, 4.69) is 4.74 Å². The highest BCUT2D eigenvalue weighted by Crippen LogP contribution is 2.33. The third-order valence-electron chi connectivity index (χ3n) is 3.82. The number of imide groups is 1. The summed E-state index contributed by atoms with van der Waals surface area (Å²) in [5.41, 5.74) is -0.284. The van der Waals surface area contributed by atoms with Gasteiger partial charge in [-0.2, -0.15) is 18.1 Å². The van der Waals surface area contributed by atoms with Gasteiger partial charge in [-0.25, -0.2) is 14.4 Å². The van der Waals surface area contributed by atoms with E-state index in [1.54, 1.807) is 30.3 Å². The summed E-state index contributed by atoms with van der Waals surface area (Å²) in [6, 6.07) is 10.6. The Kier molecular flexibility index (Phi) is 4.85. The van der Waals surface area contributed by atoms with Crippen molar-refractivity contribution in [2.45, 2.75) is 18.8 Å². The fourth-order valence-electron chi connectivity index (χ4n) is 2.51. The molecule has 1 aliphatic rings. The summed E-state index contributed by atoms with van der Waals surface area (Å²) in [5.74, 6) is -1.07. The summed E-state index contributed by atoms with van der Waals surface area (Å²) in [7, 11) is 0. The van der Waals surface area contributed by atoms with Crippen LogP contribution in [0.2, 0.25) is 0 Å². The van der Waals surface area contributed by atoms with Crippen LogP contribution < -0.4 is 0 Å². The van der Waals surface area contributed by atoms with Crippen molar-refractivity contribution in [3.8, 4) is 0 Å². The van der Waals surface area contributed by atoms with E-state index in [4.69, 9.17) is 4.74 Å². The van der Waals surface area contributed by atoms with Crippen LogP contribution in [0.15, 0.2) is 54.6 Å². The summed E-state index contributed by atoms with van der Waals surface area (Å²) in [4.78, 5) is 36.5. The van der Waals surface area contributed by atoms with E-state index in [1.165, 1.54) is 0 Å². The van der Waals surface area contributed by atoms with Gasteiger partial charge in [0.1, 0.15) is 6.61 Å². The number of rotatable bonds is 3. The number of hydrogen-bond acceptors (Lipinski definition) is 5. The summed E-state index contributed by atoms with van der Waals surface area (Å²) >= 11 is 0. The van der Waals surface area contributed by atoms with Crippen LogP contribution in [0, 0.1) is 0 Å². The predicted molar refractivity (Wildman–Crippen MR) is 84.1 cm³/mol. The van der Waals surface area contributed by atoms with Gasteiger partial charge in [0.25, 0.3) is 0 Å². The Balaban J connectivity index is 1.79. The molecule has 1 unspecified atom stereocenters. The number of amides is 2. The number of cyclic esters (lactones) is 2. The van der Waals surface area contributed by atoms with Crippen molar-refractivity contribution in [2.24, 2.45) is 0 Å². The Hall–Kier alpha value is -3.36. The van der Waals surface area contributed by atoms with Gasteiger partial charge in [-0.3, -0.25) is 0 Å². The molecule has 6 nitrogen and oxygen atoms in total. The van der Waals surface area contributed by atoms with E-state index in [-0.39, 0.29) is 12.2 Å². The number of hydrogen-bond donors (Lipinski definition) is 0. The van der Waals surface area contributed by atoms with E-state index < -0.39 is 35.9 Å². The molecule has 9 heteroatoms. The second-order valence-electron chi connectivity index (χ2n) is 5.62. The Labute approximate surface area is 151 Å². The van der Waals surface area contributed by atoms with Crippen LogP contribution in [-0.2, 0) is 27.1 Å². The van der Waals surface area contributed by atoms with Gasteiger partial charge in [-0.1, -0.05) is 42.5 Å². The molecular formula is C18H12F3NO5. The number of nitrogens with zero attached hydrogens (tertiary/aromatic N) is 1. The van der Waals surface area contributed by atoms with E-state index >= 15 is 0 Å². The van der Waals surface area contributed by atoms with E-state index in [9.17, 15) is 27.6 Å². The topological polar surface area (TPSA) is 72.9 Å². The zero-order valence-electron chi connectivity index (χ0n) is 13.6. The number of carbonyl (C=O) groups excluding carboxylic acids is 3. The summed E-state index contributed by atoms with van der Waals surface area (Å²) in [6.07, 6.45) is -6.94. The lowest BCUT2D eigenvalue weighted by Gasteiger charge is -2.18. The molecule has 1 atom stereocenters. The van der Waals surface area contributed by atoms with Crippen LogP contribution in [0.25, 0.3) is 0 Å². The van der Waals surface area contributed by atoms with Gasteiger partial charge in [0.2, 0.25) is 0 Å². The van der Waals surface area contributed by atoms with E-state index in [1.807, 2.05) is 0 Å². The fraction of sp³-hybridized carbons (Fsp3) is 0.167. The van der Waals surface area contributed by atoms with Crippen molar-refractivity contribution < 1.29 is 37.0 Å². The lowest BCUT2D eigenvalue weighted by Crippen LogP contribution is -2.35. The van der Waals surface area contributed by atoms with Crippen molar-refractivity contribution in [3.05, 3.63) is 71.3 Å². The largest absolute Gasteiger partial charge is 0.444 e. The first-order valence-corrected chi connectivity index (χ1v) is 7.70. The van der Waals surface area contributed by atoms with Crippen LogP contribution in [0.3, 0.4) is 0 Å². The van der Waals surface area contributed by atoms with Crippen molar-refractivity contribution in [2.75, 3.05) is 0 Å². The van der Waals surface area contributed by atoms with Crippen molar-refractivity contribution >= 4 is 18.2 Å². The van der Waals surface area contributed by atoms with Gasteiger partial charge in [-0.15, -0.1) is 0 Å². The van der Waals surface area contributed by atoms with Gasteiger partial charge in [0.05, 0.1) is 5.56 Å². The molecule has 0 aliphatic carbocycles. The third-order valence-corrected chi connectivity index (χ3v) is 3.82. The zero-order chi connectivity index (χ0) is 19.6. The Morgan fingerprint density at radius 1 is 1.04 bits per heavy atom. The summed E-state index contributed by atoms with van der Waals surface area (Å²) in [6.45, 7) is -0.155. The predicted octanol–water partition coefficient (Wildman–Crippen LogP) is 4.06. The second-order valence-corrected chi connectivity index (χ2v) is 5.62. The Bertz CT molecular complexity index is 865. The molecule has 0 bridgehead atoms. The maximum atomic E-state index is 12.7. The fourth-order valence-corrected chi connectivity index (χ4v) is 2.51. The molecule has 2 amide bonds. The molecule has 2 aromatic rings. The molecule has 1 fully saturated rings. The lowest BCUT2D eigenvalue weighted by atomic mass is 10.0. The molecule has 1 aliphatic heterocycles. The quantitative estimate of drug-likeness (QED) is 0.594. The molecular weight excluding hydrogens is 367 g/mol. The zero-order valence-corrected chi connectivity index (χ0v) is 13.6. The number of ether oxygens (including phenoxy) is 2. The first kappa shape index (κ1) is 18.4. The molecule has 27 heavy (non-hydrogen) atoms. The third kappa shape index (κ3) is 3.91. The van der Waals surface area contributed by atoms with Gasteiger partial charge in [0.15, 0.2) is 6.04 Å². The monoisotopic (exact) mass is 379 g/mol. The molecule has 1 heterocycles. The van der Waals surface area contributed by atoms with Crippen LogP contribution >= 0.6 is 0 Å². The van der Waals surface area contributed by atoms with Crippen LogP contribution in [0.4, 0.5) is 22.8 Å². The minimum absolute atomic E-state index is 0.00416. The normalized spacial score (nSPS) is 17.0. The second kappa shape index (κ2) is 7.10. The van der Waals surface area contributed by atoms with Crippen LogP contribution in [0.1, 0.15) is 22.7 Å². The van der Waals surface area contributed by atoms with Crippen molar-refractivity contribution in [3.63, 3.8) is 0 Å². The van der Waals surface area contributed by atoms with Crippen molar-refractivity contribution in [1.82, 2.24) is 4.90 Å². The number of halogens is 3. The minimum Gasteiger partial charge on any atom is -0.444 e. The van der Waals surface area contributed by atoms with E-state index in [0.717, 1.165) is 24.3 Å². The number of benzene rings is 2. The molecule has 0 N–H and O–H groups in total. The highest BCUT2D eigenvalue weighted by atomic mass is 19.4. The van der Waals surface area contributed by atoms with Gasteiger partial charge >= 0.3 is 24.3 Å². The van der Waals surface area contributed by atoms with E-state index in [0.29, 0.717) is 10.5 Å². The molecule has 0 radical (unpaired) electrons. The number of esters is 1. The van der Waals surface area contributed by atoms with Crippen LogP contribution in [-0.4, -0.2) is 23.1 Å². The first-order chi connectivity index (χ1) is 12.8. The molecule has 3 rings (SSSR count).